The molecule has 2 N–H and O–H groups in total. The van der Waals surface area contributed by atoms with E-state index < -0.39 is 10.0 Å². The van der Waals surface area contributed by atoms with E-state index in [2.05, 4.69) is 13.8 Å². The van der Waals surface area contributed by atoms with Gasteiger partial charge in [-0.1, -0.05) is 37.6 Å². The van der Waals surface area contributed by atoms with Crippen LogP contribution in [0.1, 0.15) is 25.3 Å². The molecule has 0 spiro atoms. The van der Waals surface area contributed by atoms with Crippen LogP contribution in [-0.2, 0) is 10.0 Å². The van der Waals surface area contributed by atoms with Crippen molar-refractivity contribution in [3.63, 3.8) is 0 Å². The zero-order valence-electron chi connectivity index (χ0n) is 14.9. The topological polar surface area (TPSA) is 69.4 Å². The van der Waals surface area contributed by atoms with E-state index in [0.29, 0.717) is 16.9 Å². The molecule has 1 aliphatic rings. The van der Waals surface area contributed by atoms with Gasteiger partial charge in [-0.2, -0.15) is 0 Å². The SMILES string of the molecule is COc1ccc(Cl)cc1SC[C@H]1[C@H](c2ccc(S(N)(=O)=O)cc2)C1(C)C. The molecule has 26 heavy (non-hydrogen) atoms. The number of thioether (sulfide) groups is 1. The summed E-state index contributed by atoms with van der Waals surface area (Å²) in [5.74, 6) is 2.63. The van der Waals surface area contributed by atoms with Crippen molar-refractivity contribution < 1.29 is 13.2 Å². The Labute approximate surface area is 164 Å². The summed E-state index contributed by atoms with van der Waals surface area (Å²) in [6, 6.07) is 12.5. The molecule has 0 aliphatic heterocycles. The molecule has 1 saturated carbocycles. The summed E-state index contributed by atoms with van der Waals surface area (Å²) in [7, 11) is -2.00. The van der Waals surface area contributed by atoms with Crippen molar-refractivity contribution in [3.05, 3.63) is 53.1 Å². The fraction of sp³-hybridized carbons (Fsp3) is 0.368. The molecule has 1 fully saturated rings. The first kappa shape index (κ1) is 19.5. The van der Waals surface area contributed by atoms with E-state index in [0.717, 1.165) is 22.0 Å². The Morgan fingerprint density at radius 2 is 1.85 bits per heavy atom. The molecule has 0 saturated heterocycles. The summed E-state index contributed by atoms with van der Waals surface area (Å²) < 4.78 is 28.3. The monoisotopic (exact) mass is 411 g/mol. The number of primary sulfonamides is 1. The van der Waals surface area contributed by atoms with Gasteiger partial charge in [0, 0.05) is 10.8 Å². The van der Waals surface area contributed by atoms with Crippen LogP contribution in [0.4, 0.5) is 0 Å². The Morgan fingerprint density at radius 1 is 1.19 bits per heavy atom. The molecule has 0 amide bonds. The smallest absolute Gasteiger partial charge is 0.238 e. The van der Waals surface area contributed by atoms with E-state index in [-0.39, 0.29) is 10.3 Å². The maximum absolute atomic E-state index is 11.4. The van der Waals surface area contributed by atoms with Crippen LogP contribution in [0, 0.1) is 11.3 Å². The minimum atomic E-state index is -3.66. The van der Waals surface area contributed by atoms with Crippen molar-refractivity contribution in [2.75, 3.05) is 12.9 Å². The van der Waals surface area contributed by atoms with Gasteiger partial charge >= 0.3 is 0 Å². The van der Waals surface area contributed by atoms with Crippen LogP contribution in [0.5, 0.6) is 5.75 Å². The third-order valence-corrected chi connectivity index (χ3v) is 7.48. The second-order valence-electron chi connectivity index (χ2n) is 7.13. The standard InChI is InChI=1S/C19H22ClNO3S2/c1-19(2)15(11-25-17-10-13(20)6-9-16(17)24-3)18(19)12-4-7-14(8-5-12)26(21,22)23/h4-10,15,18H,11H2,1-3H3,(H2,21,22,23)/t15-,18-/m0/s1. The van der Waals surface area contributed by atoms with Gasteiger partial charge in [0.1, 0.15) is 5.75 Å². The molecule has 7 heteroatoms. The number of ether oxygens (including phenoxy) is 1. The van der Waals surface area contributed by atoms with Gasteiger partial charge in [0.05, 0.1) is 16.9 Å². The number of halogens is 1. The van der Waals surface area contributed by atoms with Crippen LogP contribution in [0.3, 0.4) is 0 Å². The van der Waals surface area contributed by atoms with Crippen molar-refractivity contribution in [1.29, 1.82) is 0 Å². The lowest BCUT2D eigenvalue weighted by atomic mass is 10.0. The highest BCUT2D eigenvalue weighted by molar-refractivity contribution is 7.99. The quantitative estimate of drug-likeness (QED) is 0.709. The average molecular weight is 412 g/mol. The summed E-state index contributed by atoms with van der Waals surface area (Å²) in [6.45, 7) is 4.48. The molecular formula is C19H22ClNO3S2. The maximum Gasteiger partial charge on any atom is 0.238 e. The van der Waals surface area contributed by atoms with Crippen molar-refractivity contribution in [2.45, 2.75) is 29.6 Å². The molecule has 0 aromatic heterocycles. The third-order valence-electron chi connectivity index (χ3n) is 5.16. The number of nitrogens with two attached hydrogens (primary N) is 1. The summed E-state index contributed by atoms with van der Waals surface area (Å²) in [5.41, 5.74) is 1.30. The molecule has 0 radical (unpaired) electrons. The van der Waals surface area contributed by atoms with Crippen molar-refractivity contribution in [2.24, 2.45) is 16.5 Å². The second-order valence-corrected chi connectivity index (χ2v) is 10.2. The normalized spacial score (nSPS) is 21.4. The number of rotatable bonds is 6. The summed E-state index contributed by atoms with van der Waals surface area (Å²) in [4.78, 5) is 1.18. The van der Waals surface area contributed by atoms with Gasteiger partial charge in [-0.05, 0) is 53.1 Å². The molecule has 4 nitrogen and oxygen atoms in total. The summed E-state index contributed by atoms with van der Waals surface area (Å²) in [6.07, 6.45) is 0. The molecule has 0 bridgehead atoms. The highest BCUT2D eigenvalue weighted by Crippen LogP contribution is 2.65. The van der Waals surface area contributed by atoms with E-state index in [4.69, 9.17) is 21.5 Å². The zero-order valence-corrected chi connectivity index (χ0v) is 17.3. The van der Waals surface area contributed by atoms with E-state index >= 15 is 0 Å². The van der Waals surface area contributed by atoms with Crippen molar-refractivity contribution in [3.8, 4) is 5.75 Å². The molecule has 0 unspecified atom stereocenters. The predicted molar refractivity (Wildman–Crippen MR) is 107 cm³/mol. The zero-order chi connectivity index (χ0) is 19.1. The number of hydrogen-bond acceptors (Lipinski definition) is 4. The number of hydrogen-bond donors (Lipinski definition) is 1. The number of methoxy groups -OCH3 is 1. The van der Waals surface area contributed by atoms with E-state index in [1.807, 2.05) is 30.3 Å². The molecule has 2 aromatic rings. The molecule has 2 atom stereocenters. The van der Waals surface area contributed by atoms with Crippen LogP contribution >= 0.6 is 23.4 Å². The van der Waals surface area contributed by atoms with E-state index in [1.54, 1.807) is 31.0 Å². The minimum Gasteiger partial charge on any atom is -0.496 e. The lowest BCUT2D eigenvalue weighted by Crippen LogP contribution is -2.11. The van der Waals surface area contributed by atoms with Gasteiger partial charge in [0.15, 0.2) is 0 Å². The predicted octanol–water partition coefficient (Wildman–Crippen LogP) is 4.53. The van der Waals surface area contributed by atoms with Crippen LogP contribution < -0.4 is 9.88 Å². The molecule has 3 rings (SSSR count). The molecule has 0 heterocycles. The van der Waals surface area contributed by atoms with Gasteiger partial charge in [0.25, 0.3) is 0 Å². The van der Waals surface area contributed by atoms with Crippen LogP contribution in [0.15, 0.2) is 52.3 Å². The number of sulfonamides is 1. The first-order valence-electron chi connectivity index (χ1n) is 8.23. The lowest BCUT2D eigenvalue weighted by Gasteiger charge is -2.09. The molecule has 140 valence electrons. The molecule has 1 aliphatic carbocycles. The van der Waals surface area contributed by atoms with Gasteiger partial charge in [-0.15, -0.1) is 11.8 Å². The average Bonchev–Trinajstić information content (AvgIpc) is 3.13. The van der Waals surface area contributed by atoms with Crippen molar-refractivity contribution >= 4 is 33.4 Å². The summed E-state index contributed by atoms with van der Waals surface area (Å²) >= 11 is 7.85. The Morgan fingerprint density at radius 3 is 2.42 bits per heavy atom. The fourth-order valence-corrected chi connectivity index (χ4v) is 5.76. The largest absolute Gasteiger partial charge is 0.496 e. The Balaban J connectivity index is 1.73. The highest BCUT2D eigenvalue weighted by atomic mass is 35.5. The van der Waals surface area contributed by atoms with Crippen LogP contribution in [0.25, 0.3) is 0 Å². The van der Waals surface area contributed by atoms with Crippen molar-refractivity contribution in [1.82, 2.24) is 0 Å². The second kappa shape index (κ2) is 7.08. The number of benzene rings is 2. The minimum absolute atomic E-state index is 0.147. The molecular weight excluding hydrogens is 390 g/mol. The Hall–Kier alpha value is -1.21. The first-order chi connectivity index (χ1) is 12.1. The maximum atomic E-state index is 11.4. The first-order valence-corrected chi connectivity index (χ1v) is 11.1. The van der Waals surface area contributed by atoms with Crippen LogP contribution in [-0.4, -0.2) is 21.3 Å². The van der Waals surface area contributed by atoms with Gasteiger partial charge in [0.2, 0.25) is 10.0 Å². The van der Waals surface area contributed by atoms with E-state index in [1.165, 1.54) is 0 Å². The Bertz CT molecular complexity index is 911. The van der Waals surface area contributed by atoms with Gasteiger partial charge < -0.3 is 4.74 Å². The lowest BCUT2D eigenvalue weighted by molar-refractivity contribution is 0.405. The van der Waals surface area contributed by atoms with Crippen LogP contribution in [0.2, 0.25) is 5.02 Å². The Kier molecular flexibility index (Phi) is 5.32. The summed E-state index contributed by atoms with van der Waals surface area (Å²) in [5, 5.41) is 5.87. The van der Waals surface area contributed by atoms with E-state index in [9.17, 15) is 8.42 Å². The van der Waals surface area contributed by atoms with Gasteiger partial charge in [-0.3, -0.25) is 0 Å². The fourth-order valence-electron chi connectivity index (χ4n) is 3.52. The highest BCUT2D eigenvalue weighted by Gasteiger charge is 2.57. The van der Waals surface area contributed by atoms with Gasteiger partial charge in [-0.25, -0.2) is 13.6 Å². The molecule has 2 aromatic carbocycles. The third kappa shape index (κ3) is 3.88.